The van der Waals surface area contributed by atoms with Gasteiger partial charge in [0.15, 0.2) is 0 Å². The van der Waals surface area contributed by atoms with Gasteiger partial charge >= 0.3 is 0 Å². The Morgan fingerprint density at radius 3 is 2.38 bits per heavy atom. The predicted octanol–water partition coefficient (Wildman–Crippen LogP) is 2.73. The van der Waals surface area contributed by atoms with Crippen LogP contribution in [0.4, 0.5) is 14.5 Å². The van der Waals surface area contributed by atoms with Crippen LogP contribution in [0.2, 0.25) is 0 Å². The number of hydrogen-bond donors (Lipinski definition) is 1. The van der Waals surface area contributed by atoms with Gasteiger partial charge in [-0.05, 0) is 6.07 Å². The Balaban J connectivity index is 2.27. The summed E-state index contributed by atoms with van der Waals surface area (Å²) in [5.74, 6) is -1.20. The minimum absolute atomic E-state index is 0.0376. The standard InChI is InChI=1S/C11H8F2N2O/c12-7-3-8(13)5-10(4-7)16-11-6-9(14)1-2-15-11/h1-6H,(H2,14,15). The smallest absolute Gasteiger partial charge is 0.221 e. The van der Waals surface area contributed by atoms with Crippen LogP contribution in [0.25, 0.3) is 0 Å². The Kier molecular flexibility index (Phi) is 2.68. The number of nitrogens with zero attached hydrogens (tertiary/aromatic N) is 1. The summed E-state index contributed by atoms with van der Waals surface area (Å²) in [4.78, 5) is 3.85. The van der Waals surface area contributed by atoms with E-state index in [1.807, 2.05) is 0 Å². The molecule has 0 aliphatic rings. The summed E-state index contributed by atoms with van der Waals surface area (Å²) in [6, 6.07) is 5.93. The Bertz CT molecular complexity index is 497. The lowest BCUT2D eigenvalue weighted by Gasteiger charge is -2.05. The first-order chi connectivity index (χ1) is 7.63. The molecule has 2 rings (SSSR count). The molecule has 16 heavy (non-hydrogen) atoms. The highest BCUT2D eigenvalue weighted by Crippen LogP contribution is 2.22. The lowest BCUT2D eigenvalue weighted by molar-refractivity contribution is 0.452. The topological polar surface area (TPSA) is 48.1 Å². The van der Waals surface area contributed by atoms with Crippen LogP contribution in [-0.2, 0) is 0 Å². The number of anilines is 1. The van der Waals surface area contributed by atoms with Gasteiger partial charge in [0, 0.05) is 36.1 Å². The Morgan fingerprint density at radius 1 is 1.06 bits per heavy atom. The second-order valence-corrected chi connectivity index (χ2v) is 3.13. The van der Waals surface area contributed by atoms with Crippen molar-refractivity contribution < 1.29 is 13.5 Å². The number of rotatable bonds is 2. The zero-order valence-corrected chi connectivity index (χ0v) is 8.15. The molecule has 0 aliphatic carbocycles. The average Bonchev–Trinajstić information content (AvgIpc) is 2.15. The van der Waals surface area contributed by atoms with Crippen molar-refractivity contribution in [3.63, 3.8) is 0 Å². The molecule has 0 bridgehead atoms. The van der Waals surface area contributed by atoms with Crippen molar-refractivity contribution in [2.45, 2.75) is 0 Å². The van der Waals surface area contributed by atoms with E-state index in [2.05, 4.69) is 4.98 Å². The van der Waals surface area contributed by atoms with Crippen LogP contribution in [0.15, 0.2) is 36.5 Å². The van der Waals surface area contributed by atoms with Gasteiger partial charge in [0.25, 0.3) is 0 Å². The molecule has 0 unspecified atom stereocenters. The first-order valence-electron chi connectivity index (χ1n) is 4.49. The van der Waals surface area contributed by atoms with Gasteiger partial charge in [-0.1, -0.05) is 0 Å². The van der Waals surface area contributed by atoms with Gasteiger partial charge in [0.05, 0.1) is 0 Å². The molecule has 0 saturated carbocycles. The SMILES string of the molecule is Nc1ccnc(Oc2cc(F)cc(F)c2)c1. The highest BCUT2D eigenvalue weighted by molar-refractivity contribution is 5.41. The molecule has 1 aromatic heterocycles. The molecule has 0 amide bonds. The van der Waals surface area contributed by atoms with E-state index in [1.165, 1.54) is 12.3 Å². The van der Waals surface area contributed by atoms with Crippen molar-refractivity contribution in [1.29, 1.82) is 0 Å². The number of nitrogens with two attached hydrogens (primary N) is 1. The quantitative estimate of drug-likeness (QED) is 0.849. The third-order valence-corrected chi connectivity index (χ3v) is 1.82. The molecule has 0 atom stereocenters. The van der Waals surface area contributed by atoms with E-state index in [4.69, 9.17) is 10.5 Å². The van der Waals surface area contributed by atoms with Gasteiger partial charge < -0.3 is 10.5 Å². The van der Waals surface area contributed by atoms with Crippen LogP contribution in [-0.4, -0.2) is 4.98 Å². The molecule has 0 saturated heterocycles. The molecule has 0 radical (unpaired) electrons. The first-order valence-corrected chi connectivity index (χ1v) is 4.49. The number of benzene rings is 1. The zero-order valence-electron chi connectivity index (χ0n) is 8.15. The highest BCUT2D eigenvalue weighted by Gasteiger charge is 2.03. The number of aromatic nitrogens is 1. The summed E-state index contributed by atoms with van der Waals surface area (Å²) in [6.45, 7) is 0. The van der Waals surface area contributed by atoms with E-state index >= 15 is 0 Å². The minimum Gasteiger partial charge on any atom is -0.439 e. The summed E-state index contributed by atoms with van der Waals surface area (Å²) < 4.78 is 30.8. The van der Waals surface area contributed by atoms with Crippen molar-refractivity contribution in [2.75, 3.05) is 5.73 Å². The number of nitrogen functional groups attached to an aromatic ring is 1. The normalized spacial score (nSPS) is 10.1. The van der Waals surface area contributed by atoms with Gasteiger partial charge in [-0.15, -0.1) is 0 Å². The van der Waals surface area contributed by atoms with Crippen LogP contribution in [0.3, 0.4) is 0 Å². The Morgan fingerprint density at radius 2 is 1.75 bits per heavy atom. The molecule has 82 valence electrons. The van der Waals surface area contributed by atoms with E-state index in [0.717, 1.165) is 18.2 Å². The van der Waals surface area contributed by atoms with Crippen molar-refractivity contribution in [3.05, 3.63) is 48.2 Å². The van der Waals surface area contributed by atoms with Crippen LogP contribution < -0.4 is 10.5 Å². The van der Waals surface area contributed by atoms with E-state index in [1.54, 1.807) is 6.07 Å². The molecule has 1 heterocycles. The number of pyridine rings is 1. The zero-order chi connectivity index (χ0) is 11.5. The van der Waals surface area contributed by atoms with E-state index in [9.17, 15) is 8.78 Å². The maximum Gasteiger partial charge on any atom is 0.221 e. The molecular weight excluding hydrogens is 214 g/mol. The van der Waals surface area contributed by atoms with Crippen LogP contribution in [0.1, 0.15) is 0 Å². The number of ether oxygens (including phenoxy) is 1. The van der Waals surface area contributed by atoms with Crippen molar-refractivity contribution in [1.82, 2.24) is 4.98 Å². The average molecular weight is 222 g/mol. The maximum absolute atomic E-state index is 12.8. The van der Waals surface area contributed by atoms with Gasteiger partial charge in [-0.2, -0.15) is 0 Å². The molecule has 0 fully saturated rings. The monoisotopic (exact) mass is 222 g/mol. The highest BCUT2D eigenvalue weighted by atomic mass is 19.1. The summed E-state index contributed by atoms with van der Waals surface area (Å²) >= 11 is 0. The molecule has 1 aromatic carbocycles. The summed E-state index contributed by atoms with van der Waals surface area (Å²) in [6.07, 6.45) is 1.44. The van der Waals surface area contributed by atoms with Gasteiger partial charge in [-0.3, -0.25) is 0 Å². The largest absolute Gasteiger partial charge is 0.439 e. The Hall–Kier alpha value is -2.17. The lowest BCUT2D eigenvalue weighted by atomic mass is 10.3. The second kappa shape index (κ2) is 4.14. The fourth-order valence-electron chi connectivity index (χ4n) is 1.19. The lowest BCUT2D eigenvalue weighted by Crippen LogP contribution is -1.92. The fraction of sp³-hybridized carbons (Fsp3) is 0. The summed E-state index contributed by atoms with van der Waals surface area (Å²) in [5, 5.41) is 0. The van der Waals surface area contributed by atoms with Gasteiger partial charge in [0.1, 0.15) is 17.4 Å². The second-order valence-electron chi connectivity index (χ2n) is 3.13. The van der Waals surface area contributed by atoms with Crippen molar-refractivity contribution in [2.24, 2.45) is 0 Å². The fourth-order valence-corrected chi connectivity index (χ4v) is 1.19. The van der Waals surface area contributed by atoms with Crippen LogP contribution in [0, 0.1) is 11.6 Å². The van der Waals surface area contributed by atoms with E-state index in [0.29, 0.717) is 5.69 Å². The van der Waals surface area contributed by atoms with E-state index < -0.39 is 11.6 Å². The molecule has 0 aliphatic heterocycles. The third kappa shape index (κ3) is 2.44. The van der Waals surface area contributed by atoms with Crippen molar-refractivity contribution >= 4 is 5.69 Å². The van der Waals surface area contributed by atoms with Gasteiger partial charge in [0.2, 0.25) is 5.88 Å². The molecule has 0 spiro atoms. The van der Waals surface area contributed by atoms with Crippen molar-refractivity contribution in [3.8, 4) is 11.6 Å². The number of hydrogen-bond acceptors (Lipinski definition) is 3. The molecule has 2 N–H and O–H groups in total. The molecule has 2 aromatic rings. The summed E-state index contributed by atoms with van der Waals surface area (Å²) in [7, 11) is 0. The first kappa shape index (κ1) is 10.4. The van der Waals surface area contributed by atoms with E-state index in [-0.39, 0.29) is 11.6 Å². The van der Waals surface area contributed by atoms with Crippen LogP contribution in [0.5, 0.6) is 11.6 Å². The molecule has 3 nitrogen and oxygen atoms in total. The maximum atomic E-state index is 12.8. The molecular formula is C11H8F2N2O. The Labute approximate surface area is 90.5 Å². The summed E-state index contributed by atoms with van der Waals surface area (Å²) in [5.41, 5.74) is 5.96. The van der Waals surface area contributed by atoms with Gasteiger partial charge in [-0.25, -0.2) is 13.8 Å². The molecule has 5 heteroatoms. The number of halogens is 2. The van der Waals surface area contributed by atoms with Crippen LogP contribution >= 0.6 is 0 Å². The predicted molar refractivity (Wildman–Crippen MR) is 55.1 cm³/mol. The third-order valence-electron chi connectivity index (χ3n) is 1.82. The minimum atomic E-state index is -0.709.